The average Bonchev–Trinajstić information content (AvgIpc) is 2.56. The molecular formula is C18H23N3. The molecule has 1 aliphatic heterocycles. The van der Waals surface area contributed by atoms with Crippen molar-refractivity contribution in [3.63, 3.8) is 0 Å². The topological polar surface area (TPSA) is 32.5 Å². The monoisotopic (exact) mass is 281 g/mol. The van der Waals surface area contributed by atoms with Gasteiger partial charge >= 0.3 is 0 Å². The number of anilines is 2. The molecule has 0 aromatic heterocycles. The number of benzene rings is 2. The lowest BCUT2D eigenvalue weighted by Crippen LogP contribution is -2.46. The molecule has 1 heterocycles. The molecule has 2 aromatic carbocycles. The predicted octanol–water partition coefficient (Wildman–Crippen LogP) is 3.03. The molecule has 0 amide bonds. The molecule has 0 bridgehead atoms. The van der Waals surface area contributed by atoms with E-state index >= 15 is 0 Å². The van der Waals surface area contributed by atoms with E-state index in [1.54, 1.807) is 0 Å². The minimum atomic E-state index is 0.106. The van der Waals surface area contributed by atoms with Gasteiger partial charge in [0.2, 0.25) is 0 Å². The van der Waals surface area contributed by atoms with Gasteiger partial charge in [0.15, 0.2) is 0 Å². The van der Waals surface area contributed by atoms with Gasteiger partial charge in [-0.05, 0) is 36.8 Å². The Morgan fingerprint density at radius 3 is 1.71 bits per heavy atom. The van der Waals surface area contributed by atoms with Crippen LogP contribution in [0.25, 0.3) is 0 Å². The third-order valence-corrected chi connectivity index (χ3v) is 4.19. The predicted molar refractivity (Wildman–Crippen MR) is 89.9 cm³/mol. The highest BCUT2D eigenvalue weighted by molar-refractivity contribution is 5.52. The second-order valence-electron chi connectivity index (χ2n) is 5.69. The highest BCUT2D eigenvalue weighted by atomic mass is 15.3. The minimum Gasteiger partial charge on any atom is -0.368 e. The molecule has 1 saturated heterocycles. The van der Waals surface area contributed by atoms with E-state index in [2.05, 4.69) is 64.4 Å². The lowest BCUT2D eigenvalue weighted by molar-refractivity contribution is 0.653. The quantitative estimate of drug-likeness (QED) is 0.938. The van der Waals surface area contributed by atoms with Crippen molar-refractivity contribution in [1.82, 2.24) is 0 Å². The Kier molecular flexibility index (Phi) is 4.11. The highest BCUT2D eigenvalue weighted by Crippen LogP contribution is 2.21. The third-order valence-electron chi connectivity index (χ3n) is 4.19. The summed E-state index contributed by atoms with van der Waals surface area (Å²) in [5.74, 6) is 0. The van der Waals surface area contributed by atoms with Gasteiger partial charge in [0.25, 0.3) is 0 Å². The standard InChI is InChI=1S/C18H23N3/c1-15(19)16-7-9-18(10-8-16)21-13-11-20(12-14-21)17-5-3-2-4-6-17/h2-10,15H,11-14,19H2,1H3/t15-/m1/s1. The number of rotatable bonds is 3. The van der Waals surface area contributed by atoms with Crippen LogP contribution >= 0.6 is 0 Å². The Labute approximate surface area is 127 Å². The van der Waals surface area contributed by atoms with E-state index in [9.17, 15) is 0 Å². The van der Waals surface area contributed by atoms with Crippen LogP contribution in [0.5, 0.6) is 0 Å². The third kappa shape index (κ3) is 3.19. The maximum absolute atomic E-state index is 5.90. The lowest BCUT2D eigenvalue weighted by atomic mass is 10.1. The summed E-state index contributed by atoms with van der Waals surface area (Å²) in [6.45, 7) is 6.28. The molecule has 3 heteroatoms. The van der Waals surface area contributed by atoms with Crippen LogP contribution in [0.15, 0.2) is 54.6 Å². The first-order chi connectivity index (χ1) is 10.2. The molecule has 3 nitrogen and oxygen atoms in total. The van der Waals surface area contributed by atoms with E-state index in [4.69, 9.17) is 5.73 Å². The maximum Gasteiger partial charge on any atom is 0.0367 e. The minimum absolute atomic E-state index is 0.106. The van der Waals surface area contributed by atoms with Crippen LogP contribution in [-0.4, -0.2) is 26.2 Å². The Bertz CT molecular complexity index is 555. The second kappa shape index (κ2) is 6.19. The van der Waals surface area contributed by atoms with Gasteiger partial charge in [0, 0.05) is 43.6 Å². The molecule has 1 aliphatic rings. The van der Waals surface area contributed by atoms with Gasteiger partial charge in [-0.2, -0.15) is 0 Å². The van der Waals surface area contributed by atoms with Crippen molar-refractivity contribution in [3.05, 3.63) is 60.2 Å². The van der Waals surface area contributed by atoms with Gasteiger partial charge in [-0.25, -0.2) is 0 Å². The summed E-state index contributed by atoms with van der Waals surface area (Å²) in [5.41, 5.74) is 9.72. The molecule has 1 fully saturated rings. The van der Waals surface area contributed by atoms with Crippen molar-refractivity contribution < 1.29 is 0 Å². The van der Waals surface area contributed by atoms with Gasteiger partial charge in [0.05, 0.1) is 0 Å². The SMILES string of the molecule is C[C@@H](N)c1ccc(N2CCN(c3ccccc3)CC2)cc1. The van der Waals surface area contributed by atoms with Crippen LogP contribution in [0.1, 0.15) is 18.5 Å². The molecule has 110 valence electrons. The first-order valence-electron chi connectivity index (χ1n) is 7.64. The zero-order valence-electron chi connectivity index (χ0n) is 12.6. The molecule has 21 heavy (non-hydrogen) atoms. The smallest absolute Gasteiger partial charge is 0.0367 e. The number of nitrogens with two attached hydrogens (primary N) is 1. The van der Waals surface area contributed by atoms with E-state index in [1.807, 2.05) is 6.92 Å². The van der Waals surface area contributed by atoms with Gasteiger partial charge in [-0.3, -0.25) is 0 Å². The molecule has 0 aliphatic carbocycles. The molecular weight excluding hydrogens is 258 g/mol. The number of hydrogen-bond acceptors (Lipinski definition) is 3. The average molecular weight is 281 g/mol. The van der Waals surface area contributed by atoms with E-state index in [0.717, 1.165) is 26.2 Å². The molecule has 0 radical (unpaired) electrons. The van der Waals surface area contributed by atoms with Gasteiger partial charge < -0.3 is 15.5 Å². The van der Waals surface area contributed by atoms with Crippen LogP contribution in [0.2, 0.25) is 0 Å². The number of hydrogen-bond donors (Lipinski definition) is 1. The Balaban J connectivity index is 1.63. The summed E-state index contributed by atoms with van der Waals surface area (Å²) in [6, 6.07) is 19.4. The normalized spacial score (nSPS) is 16.9. The van der Waals surface area contributed by atoms with Crippen LogP contribution in [0.3, 0.4) is 0 Å². The molecule has 0 saturated carbocycles. The van der Waals surface area contributed by atoms with Crippen LogP contribution in [0, 0.1) is 0 Å². The molecule has 1 atom stereocenters. The van der Waals surface area contributed by atoms with Gasteiger partial charge in [-0.15, -0.1) is 0 Å². The summed E-state index contributed by atoms with van der Waals surface area (Å²) >= 11 is 0. The zero-order chi connectivity index (χ0) is 14.7. The van der Waals surface area contributed by atoms with Crippen LogP contribution in [0.4, 0.5) is 11.4 Å². The van der Waals surface area contributed by atoms with E-state index in [-0.39, 0.29) is 6.04 Å². The number of piperazine rings is 1. The Hall–Kier alpha value is -2.00. The second-order valence-corrected chi connectivity index (χ2v) is 5.69. The van der Waals surface area contributed by atoms with Crippen molar-refractivity contribution in [2.75, 3.05) is 36.0 Å². The van der Waals surface area contributed by atoms with Crippen molar-refractivity contribution >= 4 is 11.4 Å². The highest BCUT2D eigenvalue weighted by Gasteiger charge is 2.17. The fourth-order valence-corrected chi connectivity index (χ4v) is 2.85. The first-order valence-corrected chi connectivity index (χ1v) is 7.64. The summed E-state index contributed by atoms with van der Waals surface area (Å²) in [7, 11) is 0. The van der Waals surface area contributed by atoms with E-state index < -0.39 is 0 Å². The summed E-state index contributed by atoms with van der Waals surface area (Å²) in [4.78, 5) is 4.90. The largest absolute Gasteiger partial charge is 0.368 e. The van der Waals surface area contributed by atoms with Gasteiger partial charge in [0.1, 0.15) is 0 Å². The maximum atomic E-state index is 5.90. The lowest BCUT2D eigenvalue weighted by Gasteiger charge is -2.37. The van der Waals surface area contributed by atoms with Crippen LogP contribution < -0.4 is 15.5 Å². The Morgan fingerprint density at radius 1 is 0.762 bits per heavy atom. The summed E-state index contributed by atoms with van der Waals surface area (Å²) in [5, 5.41) is 0. The fourth-order valence-electron chi connectivity index (χ4n) is 2.85. The number of nitrogens with zero attached hydrogens (tertiary/aromatic N) is 2. The Morgan fingerprint density at radius 2 is 1.24 bits per heavy atom. The van der Waals surface area contributed by atoms with Crippen LogP contribution in [-0.2, 0) is 0 Å². The first kappa shape index (κ1) is 14.0. The molecule has 2 N–H and O–H groups in total. The summed E-state index contributed by atoms with van der Waals surface area (Å²) in [6.07, 6.45) is 0. The van der Waals surface area contributed by atoms with Crippen molar-refractivity contribution in [1.29, 1.82) is 0 Å². The van der Waals surface area contributed by atoms with E-state index in [0.29, 0.717) is 0 Å². The number of para-hydroxylation sites is 1. The van der Waals surface area contributed by atoms with Crippen molar-refractivity contribution in [2.24, 2.45) is 5.73 Å². The fraction of sp³-hybridized carbons (Fsp3) is 0.333. The van der Waals surface area contributed by atoms with Gasteiger partial charge in [-0.1, -0.05) is 30.3 Å². The zero-order valence-corrected chi connectivity index (χ0v) is 12.6. The van der Waals surface area contributed by atoms with Crippen molar-refractivity contribution in [3.8, 4) is 0 Å². The molecule has 0 spiro atoms. The molecule has 2 aromatic rings. The summed E-state index contributed by atoms with van der Waals surface area (Å²) < 4.78 is 0. The molecule has 3 rings (SSSR count). The molecule has 0 unspecified atom stereocenters. The van der Waals surface area contributed by atoms with Crippen molar-refractivity contribution in [2.45, 2.75) is 13.0 Å². The van der Waals surface area contributed by atoms with E-state index in [1.165, 1.54) is 16.9 Å².